The van der Waals surface area contributed by atoms with E-state index >= 15 is 0 Å². The summed E-state index contributed by atoms with van der Waals surface area (Å²) in [5, 5.41) is 2.09. The highest BCUT2D eigenvalue weighted by Gasteiger charge is 2.14. The highest BCUT2D eigenvalue weighted by atomic mass is 32.2. The molecule has 90 valence electrons. The molecule has 17 heavy (non-hydrogen) atoms. The standard InChI is InChI=1S/C10H10N2O2S3/c1-15-8-2-4-9(5-3-8)17(13,14)12-10-11-6-7-16-10/h2-7H,1H3,(H,11,12). The maximum atomic E-state index is 11.9. The Balaban J connectivity index is 2.25. The van der Waals surface area contributed by atoms with Crippen LogP contribution in [0.4, 0.5) is 5.13 Å². The molecule has 1 aromatic heterocycles. The van der Waals surface area contributed by atoms with E-state index in [1.165, 1.54) is 11.3 Å². The van der Waals surface area contributed by atoms with Crippen LogP contribution in [0, 0.1) is 0 Å². The van der Waals surface area contributed by atoms with E-state index in [9.17, 15) is 8.42 Å². The van der Waals surface area contributed by atoms with E-state index in [0.29, 0.717) is 5.13 Å². The van der Waals surface area contributed by atoms with E-state index in [-0.39, 0.29) is 4.90 Å². The van der Waals surface area contributed by atoms with Crippen LogP contribution >= 0.6 is 23.1 Å². The van der Waals surface area contributed by atoms with Crippen LogP contribution < -0.4 is 4.72 Å². The SMILES string of the molecule is CSc1ccc(S(=O)(=O)Nc2nccs2)cc1. The second kappa shape index (κ2) is 5.07. The highest BCUT2D eigenvalue weighted by Crippen LogP contribution is 2.20. The van der Waals surface area contributed by atoms with Crippen LogP contribution in [0.15, 0.2) is 45.6 Å². The topological polar surface area (TPSA) is 59.1 Å². The van der Waals surface area contributed by atoms with E-state index < -0.39 is 10.0 Å². The molecule has 0 aliphatic heterocycles. The van der Waals surface area contributed by atoms with Gasteiger partial charge >= 0.3 is 0 Å². The number of hydrogen-bond donors (Lipinski definition) is 1. The summed E-state index contributed by atoms with van der Waals surface area (Å²) in [5.74, 6) is 0. The molecule has 0 unspecified atom stereocenters. The van der Waals surface area contributed by atoms with Gasteiger partial charge in [0.25, 0.3) is 10.0 Å². The van der Waals surface area contributed by atoms with Crippen LogP contribution in [0.1, 0.15) is 0 Å². The molecule has 0 aliphatic rings. The van der Waals surface area contributed by atoms with Crippen LogP contribution in [-0.4, -0.2) is 19.7 Å². The van der Waals surface area contributed by atoms with Crippen LogP contribution in [0.25, 0.3) is 0 Å². The molecule has 4 nitrogen and oxygen atoms in total. The first-order chi connectivity index (χ1) is 8.12. The van der Waals surface area contributed by atoms with E-state index in [1.54, 1.807) is 47.6 Å². The fraction of sp³-hybridized carbons (Fsp3) is 0.100. The second-order valence-corrected chi connectivity index (χ2v) is 6.57. The molecule has 0 saturated carbocycles. The van der Waals surface area contributed by atoms with Gasteiger partial charge in [0.1, 0.15) is 0 Å². The fourth-order valence-corrected chi connectivity index (χ4v) is 3.40. The molecule has 2 aromatic rings. The van der Waals surface area contributed by atoms with Crippen molar-refractivity contribution in [3.8, 4) is 0 Å². The molecule has 1 N–H and O–H groups in total. The molecule has 1 aromatic carbocycles. The number of nitrogens with one attached hydrogen (secondary N) is 1. The third-order valence-electron chi connectivity index (χ3n) is 2.02. The molecule has 0 bridgehead atoms. The molecular weight excluding hydrogens is 276 g/mol. The minimum atomic E-state index is -3.52. The molecule has 7 heteroatoms. The zero-order valence-electron chi connectivity index (χ0n) is 8.95. The minimum Gasteiger partial charge on any atom is -0.255 e. The number of thioether (sulfide) groups is 1. The van der Waals surface area contributed by atoms with Crippen molar-refractivity contribution in [2.24, 2.45) is 0 Å². The molecule has 0 saturated heterocycles. The van der Waals surface area contributed by atoms with Crippen molar-refractivity contribution in [2.45, 2.75) is 9.79 Å². The van der Waals surface area contributed by atoms with Gasteiger partial charge in [0.05, 0.1) is 4.90 Å². The maximum Gasteiger partial charge on any atom is 0.263 e. The first kappa shape index (κ1) is 12.4. The Bertz CT molecular complexity index is 577. The zero-order valence-corrected chi connectivity index (χ0v) is 11.4. The van der Waals surface area contributed by atoms with Crippen molar-refractivity contribution >= 4 is 38.3 Å². The van der Waals surface area contributed by atoms with Crippen LogP contribution in [0.3, 0.4) is 0 Å². The molecule has 1 heterocycles. The lowest BCUT2D eigenvalue weighted by molar-refractivity contribution is 0.601. The van der Waals surface area contributed by atoms with Crippen molar-refractivity contribution in [3.05, 3.63) is 35.8 Å². The lowest BCUT2D eigenvalue weighted by Crippen LogP contribution is -2.12. The molecule has 2 rings (SSSR count). The van der Waals surface area contributed by atoms with E-state index in [4.69, 9.17) is 0 Å². The Morgan fingerprint density at radius 3 is 2.53 bits per heavy atom. The lowest BCUT2D eigenvalue weighted by atomic mass is 10.4. The summed E-state index contributed by atoms with van der Waals surface area (Å²) in [6.45, 7) is 0. The number of sulfonamides is 1. The van der Waals surface area contributed by atoms with Crippen molar-refractivity contribution in [3.63, 3.8) is 0 Å². The van der Waals surface area contributed by atoms with Gasteiger partial charge in [-0.05, 0) is 30.5 Å². The third kappa shape index (κ3) is 2.99. The lowest BCUT2D eigenvalue weighted by Gasteiger charge is -2.05. The fourth-order valence-electron chi connectivity index (χ4n) is 1.20. The van der Waals surface area contributed by atoms with E-state index in [2.05, 4.69) is 9.71 Å². The second-order valence-electron chi connectivity index (χ2n) is 3.12. The predicted molar refractivity (Wildman–Crippen MR) is 71.1 cm³/mol. The largest absolute Gasteiger partial charge is 0.263 e. The Hall–Kier alpha value is -1.05. The normalized spacial score (nSPS) is 11.4. The number of benzene rings is 1. The van der Waals surface area contributed by atoms with Gasteiger partial charge in [0.15, 0.2) is 5.13 Å². The number of thiazole rings is 1. The first-order valence-electron chi connectivity index (χ1n) is 4.68. The Morgan fingerprint density at radius 1 is 1.29 bits per heavy atom. The minimum absolute atomic E-state index is 0.241. The van der Waals surface area contributed by atoms with E-state index in [1.807, 2.05) is 6.26 Å². The van der Waals surface area contributed by atoms with Crippen molar-refractivity contribution in [1.29, 1.82) is 0 Å². The maximum absolute atomic E-state index is 11.9. The predicted octanol–water partition coefficient (Wildman–Crippen LogP) is 2.67. The Kier molecular flexibility index (Phi) is 3.70. The quantitative estimate of drug-likeness (QED) is 0.878. The number of hydrogen-bond acceptors (Lipinski definition) is 5. The molecule has 0 fully saturated rings. The summed E-state index contributed by atoms with van der Waals surface area (Å²) < 4.78 is 26.3. The number of anilines is 1. The first-order valence-corrected chi connectivity index (χ1v) is 8.27. The molecule has 0 aliphatic carbocycles. The van der Waals surface area contributed by atoms with Gasteiger partial charge in [-0.3, -0.25) is 4.72 Å². The molecule has 0 atom stereocenters. The Labute approximate surface area is 108 Å². The molecule has 0 amide bonds. The van der Waals surface area contributed by atoms with Gasteiger partial charge in [-0.15, -0.1) is 23.1 Å². The van der Waals surface area contributed by atoms with Crippen molar-refractivity contribution < 1.29 is 8.42 Å². The summed E-state index contributed by atoms with van der Waals surface area (Å²) in [4.78, 5) is 5.15. The summed E-state index contributed by atoms with van der Waals surface area (Å²) in [7, 11) is -3.52. The van der Waals surface area contributed by atoms with Gasteiger partial charge in [-0.25, -0.2) is 13.4 Å². The number of rotatable bonds is 4. The molecule has 0 spiro atoms. The van der Waals surface area contributed by atoms with Crippen LogP contribution in [0.5, 0.6) is 0 Å². The van der Waals surface area contributed by atoms with Crippen molar-refractivity contribution in [2.75, 3.05) is 11.0 Å². The number of aromatic nitrogens is 1. The van der Waals surface area contributed by atoms with E-state index in [0.717, 1.165) is 4.90 Å². The smallest absolute Gasteiger partial charge is 0.255 e. The number of nitrogens with zero attached hydrogens (tertiary/aromatic N) is 1. The van der Waals surface area contributed by atoms with Gasteiger partial charge in [-0.1, -0.05) is 0 Å². The average molecular weight is 286 g/mol. The van der Waals surface area contributed by atoms with Gasteiger partial charge in [0.2, 0.25) is 0 Å². The summed E-state index contributed by atoms with van der Waals surface area (Å²) in [6, 6.07) is 6.73. The highest BCUT2D eigenvalue weighted by molar-refractivity contribution is 7.98. The van der Waals surface area contributed by atoms with Gasteiger partial charge in [-0.2, -0.15) is 0 Å². The third-order valence-corrected chi connectivity index (χ3v) is 4.94. The molecular formula is C10H10N2O2S3. The molecule has 0 radical (unpaired) electrons. The zero-order chi connectivity index (χ0) is 12.3. The summed E-state index contributed by atoms with van der Waals surface area (Å²) >= 11 is 2.81. The van der Waals surface area contributed by atoms with Gasteiger partial charge < -0.3 is 0 Å². The van der Waals surface area contributed by atoms with Crippen LogP contribution in [-0.2, 0) is 10.0 Å². The van der Waals surface area contributed by atoms with Crippen LogP contribution in [0.2, 0.25) is 0 Å². The summed E-state index contributed by atoms with van der Waals surface area (Å²) in [6.07, 6.45) is 3.50. The Morgan fingerprint density at radius 2 is 2.00 bits per heavy atom. The van der Waals surface area contributed by atoms with Crippen molar-refractivity contribution in [1.82, 2.24) is 4.98 Å². The van der Waals surface area contributed by atoms with Gasteiger partial charge in [0, 0.05) is 16.5 Å². The summed E-state index contributed by atoms with van der Waals surface area (Å²) in [5.41, 5.74) is 0. The monoisotopic (exact) mass is 286 g/mol. The average Bonchev–Trinajstić information content (AvgIpc) is 2.81.